The van der Waals surface area contributed by atoms with Crippen LogP contribution in [-0.4, -0.2) is 25.5 Å². The average molecular weight is 491 g/mol. The van der Waals surface area contributed by atoms with Gasteiger partial charge in [-0.15, -0.1) is 0 Å². The zero-order valence-corrected chi connectivity index (χ0v) is 22.2. The molecule has 1 radical (unpaired) electrons. The molecule has 3 aromatic rings. The molecule has 0 saturated carbocycles. The third kappa shape index (κ3) is 8.83. The fraction of sp³-hybridized carbons (Fsp3) is 0.370. The summed E-state index contributed by atoms with van der Waals surface area (Å²) in [7, 11) is 4.32. The third-order valence-corrected chi connectivity index (χ3v) is 5.86. The van der Waals surface area contributed by atoms with Crippen molar-refractivity contribution in [1.82, 2.24) is 4.90 Å². The summed E-state index contributed by atoms with van der Waals surface area (Å²) in [6.45, 7) is 5.82. The maximum atomic E-state index is 2.39. The van der Waals surface area contributed by atoms with E-state index in [0.29, 0.717) is 11.8 Å². The number of halogens is 2. The van der Waals surface area contributed by atoms with Crippen LogP contribution < -0.4 is 24.8 Å². The van der Waals surface area contributed by atoms with Gasteiger partial charge in [-0.1, -0.05) is 87.4 Å². The SMILES string of the molecule is CC(Cc1c(CCN(C)C)cc[c-]1CC(C)c1ccccc1)c1ccccc1.[Cl-].[Cl-].[Ti+3]. The van der Waals surface area contributed by atoms with Crippen LogP contribution in [0.2, 0.25) is 0 Å². The molecule has 31 heavy (non-hydrogen) atoms. The Morgan fingerprint density at radius 1 is 0.774 bits per heavy atom. The van der Waals surface area contributed by atoms with E-state index < -0.39 is 0 Å². The Bertz CT molecular complexity index is 846. The van der Waals surface area contributed by atoms with Gasteiger partial charge < -0.3 is 29.7 Å². The van der Waals surface area contributed by atoms with Crippen molar-refractivity contribution < 1.29 is 46.5 Å². The van der Waals surface area contributed by atoms with Crippen molar-refractivity contribution in [3.63, 3.8) is 0 Å². The summed E-state index contributed by atoms with van der Waals surface area (Å²) in [4.78, 5) is 2.28. The fourth-order valence-corrected chi connectivity index (χ4v) is 4.08. The van der Waals surface area contributed by atoms with Gasteiger partial charge in [-0.05, 0) is 50.0 Å². The number of likely N-dealkylation sites (N-methyl/N-ethyl adjacent to an activating group) is 1. The average Bonchev–Trinajstić information content (AvgIpc) is 3.08. The molecule has 2 unspecified atom stereocenters. The van der Waals surface area contributed by atoms with E-state index >= 15 is 0 Å². The minimum absolute atomic E-state index is 0. The van der Waals surface area contributed by atoms with Gasteiger partial charge in [-0.2, -0.15) is 22.8 Å². The maximum absolute atomic E-state index is 2.39. The second kappa shape index (κ2) is 15.0. The topological polar surface area (TPSA) is 3.24 Å². The quantitative estimate of drug-likeness (QED) is 0.306. The van der Waals surface area contributed by atoms with Gasteiger partial charge >= 0.3 is 21.7 Å². The largest absolute Gasteiger partial charge is 3.00 e. The minimum atomic E-state index is 0. The summed E-state index contributed by atoms with van der Waals surface area (Å²) >= 11 is 0. The van der Waals surface area contributed by atoms with Crippen molar-refractivity contribution in [2.45, 2.75) is 44.9 Å². The Morgan fingerprint density at radius 2 is 1.29 bits per heavy atom. The first-order valence-electron chi connectivity index (χ1n) is 10.6. The Morgan fingerprint density at radius 3 is 1.81 bits per heavy atom. The molecular formula is C27H34Cl2NTi. The van der Waals surface area contributed by atoms with Crippen LogP contribution >= 0.6 is 0 Å². The van der Waals surface area contributed by atoms with E-state index in [9.17, 15) is 0 Å². The number of hydrogen-bond donors (Lipinski definition) is 0. The first-order chi connectivity index (χ1) is 13.5. The van der Waals surface area contributed by atoms with E-state index in [1.807, 2.05) is 0 Å². The number of hydrogen-bond acceptors (Lipinski definition) is 1. The zero-order valence-electron chi connectivity index (χ0n) is 19.1. The summed E-state index contributed by atoms with van der Waals surface area (Å²) in [5.74, 6) is 1.07. The van der Waals surface area contributed by atoms with E-state index in [0.717, 1.165) is 25.8 Å². The monoisotopic (exact) mass is 490 g/mol. The van der Waals surface area contributed by atoms with E-state index in [-0.39, 0.29) is 46.5 Å². The third-order valence-electron chi connectivity index (χ3n) is 5.86. The molecule has 2 atom stereocenters. The van der Waals surface area contributed by atoms with E-state index in [4.69, 9.17) is 0 Å². The minimum Gasteiger partial charge on any atom is -1.00 e. The van der Waals surface area contributed by atoms with Crippen molar-refractivity contribution in [1.29, 1.82) is 0 Å². The van der Waals surface area contributed by atoms with E-state index in [2.05, 4.69) is 106 Å². The summed E-state index contributed by atoms with van der Waals surface area (Å²) in [6.07, 6.45) is 3.36. The van der Waals surface area contributed by atoms with Gasteiger partial charge in [-0.3, -0.25) is 0 Å². The molecule has 3 aromatic carbocycles. The molecule has 0 spiro atoms. The number of rotatable bonds is 9. The first kappa shape index (κ1) is 30.0. The van der Waals surface area contributed by atoms with Crippen LogP contribution in [0, 0.1) is 0 Å². The van der Waals surface area contributed by atoms with Gasteiger partial charge in [-0.25, -0.2) is 6.07 Å². The van der Waals surface area contributed by atoms with Crippen molar-refractivity contribution in [3.8, 4) is 0 Å². The molecule has 0 aromatic heterocycles. The normalized spacial score (nSPS) is 12.3. The number of benzene rings is 2. The molecule has 165 valence electrons. The molecule has 0 aliphatic heterocycles. The van der Waals surface area contributed by atoms with Crippen molar-refractivity contribution in [2.75, 3.05) is 20.6 Å². The Labute approximate surface area is 216 Å². The van der Waals surface area contributed by atoms with Gasteiger partial charge in [0.15, 0.2) is 0 Å². The van der Waals surface area contributed by atoms with Crippen molar-refractivity contribution in [3.05, 3.63) is 101 Å². The molecule has 0 bridgehead atoms. The molecule has 3 rings (SSSR count). The standard InChI is InChI=1S/C27H34N.2ClH.Ti/c1-21(23-11-7-5-8-12-23)19-26-16-15-25(17-18-28(3)4)27(26)20-22(2)24-13-9-6-10-14-24;;;/h5-16,21-22H,17-20H2,1-4H3;2*1H;/q-1;;;+3/p-2. The molecule has 0 saturated heterocycles. The Balaban J connectivity index is 0.00000300. The summed E-state index contributed by atoms with van der Waals surface area (Å²) in [6, 6.07) is 26.6. The predicted octanol–water partition coefficient (Wildman–Crippen LogP) is 0.208. The fourth-order valence-electron chi connectivity index (χ4n) is 4.08. The summed E-state index contributed by atoms with van der Waals surface area (Å²) in [5.41, 5.74) is 7.52. The van der Waals surface area contributed by atoms with Gasteiger partial charge in [0.05, 0.1) is 0 Å². The van der Waals surface area contributed by atoms with Crippen molar-refractivity contribution >= 4 is 0 Å². The molecule has 0 fully saturated rings. The first-order valence-corrected chi connectivity index (χ1v) is 10.6. The number of nitrogens with zero attached hydrogens (tertiary/aromatic N) is 1. The molecule has 0 amide bonds. The van der Waals surface area contributed by atoms with Crippen LogP contribution in [0.15, 0.2) is 72.8 Å². The van der Waals surface area contributed by atoms with Gasteiger partial charge in [0.25, 0.3) is 0 Å². The van der Waals surface area contributed by atoms with E-state index in [1.165, 1.54) is 22.3 Å². The molecule has 0 heterocycles. The van der Waals surface area contributed by atoms with Crippen LogP contribution in [0.5, 0.6) is 0 Å². The van der Waals surface area contributed by atoms with Gasteiger partial charge in [0.2, 0.25) is 0 Å². The van der Waals surface area contributed by atoms with Crippen LogP contribution in [0.1, 0.15) is 53.5 Å². The van der Waals surface area contributed by atoms with Crippen LogP contribution in [0.25, 0.3) is 0 Å². The molecule has 0 aliphatic rings. The van der Waals surface area contributed by atoms with Crippen molar-refractivity contribution in [2.24, 2.45) is 0 Å². The van der Waals surface area contributed by atoms with Gasteiger partial charge in [0, 0.05) is 0 Å². The van der Waals surface area contributed by atoms with E-state index in [1.54, 1.807) is 5.56 Å². The van der Waals surface area contributed by atoms with Crippen LogP contribution in [0.4, 0.5) is 0 Å². The molecule has 1 nitrogen and oxygen atoms in total. The molecule has 4 heteroatoms. The predicted molar refractivity (Wildman–Crippen MR) is 121 cm³/mol. The van der Waals surface area contributed by atoms with Crippen LogP contribution in [0.3, 0.4) is 0 Å². The van der Waals surface area contributed by atoms with Gasteiger partial charge in [0.1, 0.15) is 0 Å². The second-order valence-electron chi connectivity index (χ2n) is 8.45. The second-order valence-corrected chi connectivity index (χ2v) is 8.45. The Hall–Kier alpha value is -0.956. The zero-order chi connectivity index (χ0) is 19.9. The summed E-state index contributed by atoms with van der Waals surface area (Å²) in [5, 5.41) is 0. The summed E-state index contributed by atoms with van der Waals surface area (Å²) < 4.78 is 0. The molecule has 0 N–H and O–H groups in total. The maximum Gasteiger partial charge on any atom is 3.00 e. The Kier molecular flexibility index (Phi) is 14.5. The molecular weight excluding hydrogens is 457 g/mol. The molecule has 0 aliphatic carbocycles. The smallest absolute Gasteiger partial charge is 1.00 e. The van der Waals surface area contributed by atoms with Crippen LogP contribution in [-0.2, 0) is 41.0 Å².